The first-order chi connectivity index (χ1) is 8.35. The number of rotatable bonds is 3. The Morgan fingerprint density at radius 2 is 1.72 bits per heavy atom. The van der Waals surface area contributed by atoms with E-state index in [2.05, 4.69) is 39.1 Å². The molecule has 98 valence electrons. The fourth-order valence-corrected chi connectivity index (χ4v) is 2.27. The lowest BCUT2D eigenvalue weighted by Crippen LogP contribution is -2.42. The number of amides is 1. The first-order valence-corrected chi connectivity index (χ1v) is 6.48. The van der Waals surface area contributed by atoms with Gasteiger partial charge in [0.2, 0.25) is 5.91 Å². The number of hydrogen-bond acceptors (Lipinski definition) is 2. The van der Waals surface area contributed by atoms with E-state index >= 15 is 0 Å². The minimum atomic E-state index is -0.583. The number of carbonyl (C=O) groups is 1. The van der Waals surface area contributed by atoms with E-state index in [4.69, 9.17) is 5.73 Å². The predicted octanol–water partition coefficient (Wildman–Crippen LogP) is 2.03. The molecule has 3 heteroatoms. The van der Waals surface area contributed by atoms with Crippen molar-refractivity contribution in [1.29, 1.82) is 0 Å². The molecule has 0 aromatic heterocycles. The largest absolute Gasteiger partial charge is 0.350 e. The van der Waals surface area contributed by atoms with E-state index in [9.17, 15) is 4.79 Å². The Bertz CT molecular complexity index is 475. The van der Waals surface area contributed by atoms with E-state index in [1.54, 1.807) is 0 Å². The van der Waals surface area contributed by atoms with E-state index in [0.29, 0.717) is 6.54 Å². The highest BCUT2D eigenvalue weighted by Gasteiger charge is 2.45. The van der Waals surface area contributed by atoms with Gasteiger partial charge in [-0.1, -0.05) is 6.07 Å². The molecule has 0 spiro atoms. The molecule has 3 N–H and O–H groups in total. The lowest BCUT2D eigenvalue weighted by atomic mass is 9.94. The maximum Gasteiger partial charge on any atom is 0.240 e. The van der Waals surface area contributed by atoms with E-state index in [1.807, 2.05) is 0 Å². The SMILES string of the molecule is Cc1cc(C)c(C)c(CNC(=O)C2(N)CC2)c1C. The second kappa shape index (κ2) is 4.39. The number of nitrogens with one attached hydrogen (secondary N) is 1. The van der Waals surface area contributed by atoms with Crippen molar-refractivity contribution in [3.63, 3.8) is 0 Å². The molecule has 1 aliphatic carbocycles. The molecule has 0 unspecified atom stereocenters. The fourth-order valence-electron chi connectivity index (χ4n) is 2.27. The van der Waals surface area contributed by atoms with Gasteiger partial charge in [-0.2, -0.15) is 0 Å². The number of carbonyl (C=O) groups excluding carboxylic acids is 1. The fraction of sp³-hybridized carbons (Fsp3) is 0.533. The zero-order valence-electron chi connectivity index (χ0n) is 11.7. The zero-order valence-corrected chi connectivity index (χ0v) is 11.7. The molecule has 1 aromatic rings. The van der Waals surface area contributed by atoms with Crippen LogP contribution in [0.4, 0.5) is 0 Å². The maximum absolute atomic E-state index is 11.9. The standard InChI is InChI=1S/C15H22N2O/c1-9-7-10(2)12(4)13(11(9)3)8-17-14(18)15(16)5-6-15/h7H,5-6,8,16H2,1-4H3,(H,17,18). The molecule has 0 aliphatic heterocycles. The van der Waals surface area contributed by atoms with Gasteiger partial charge in [0.25, 0.3) is 0 Å². The Labute approximate surface area is 109 Å². The van der Waals surface area contributed by atoms with Crippen molar-refractivity contribution in [2.75, 3.05) is 0 Å². The molecule has 0 radical (unpaired) electrons. The average Bonchev–Trinajstić information content (AvgIpc) is 3.06. The molecule has 2 rings (SSSR count). The molecule has 18 heavy (non-hydrogen) atoms. The lowest BCUT2D eigenvalue weighted by molar-refractivity contribution is -0.123. The summed E-state index contributed by atoms with van der Waals surface area (Å²) < 4.78 is 0. The molecular weight excluding hydrogens is 224 g/mol. The average molecular weight is 246 g/mol. The van der Waals surface area contributed by atoms with E-state index in [1.165, 1.54) is 27.8 Å². The van der Waals surface area contributed by atoms with Crippen LogP contribution < -0.4 is 11.1 Å². The minimum absolute atomic E-state index is 0.0135. The quantitative estimate of drug-likeness (QED) is 0.857. The molecule has 1 fully saturated rings. The summed E-state index contributed by atoms with van der Waals surface area (Å²) in [5, 5.41) is 2.97. The lowest BCUT2D eigenvalue weighted by Gasteiger charge is -2.17. The van der Waals surface area contributed by atoms with E-state index < -0.39 is 5.54 Å². The van der Waals surface area contributed by atoms with Gasteiger partial charge in [0, 0.05) is 6.54 Å². The third kappa shape index (κ3) is 2.27. The first kappa shape index (κ1) is 13.1. The van der Waals surface area contributed by atoms with Gasteiger partial charge < -0.3 is 11.1 Å². The molecule has 0 bridgehead atoms. The van der Waals surface area contributed by atoms with Crippen LogP contribution in [0.2, 0.25) is 0 Å². The van der Waals surface area contributed by atoms with Crippen LogP contribution in [0, 0.1) is 27.7 Å². The normalized spacial score (nSPS) is 16.5. The highest BCUT2D eigenvalue weighted by molar-refractivity contribution is 5.88. The molecule has 0 saturated heterocycles. The highest BCUT2D eigenvalue weighted by Crippen LogP contribution is 2.32. The van der Waals surface area contributed by atoms with Gasteiger partial charge in [-0.3, -0.25) is 4.79 Å². The van der Waals surface area contributed by atoms with Crippen molar-refractivity contribution in [2.24, 2.45) is 5.73 Å². The molecule has 1 aliphatic rings. The summed E-state index contributed by atoms with van der Waals surface area (Å²) in [6.07, 6.45) is 1.62. The van der Waals surface area contributed by atoms with Crippen molar-refractivity contribution in [3.8, 4) is 0 Å². The summed E-state index contributed by atoms with van der Waals surface area (Å²) in [6.45, 7) is 9.02. The number of nitrogens with two attached hydrogens (primary N) is 1. The maximum atomic E-state index is 11.9. The Kier molecular flexibility index (Phi) is 3.20. The molecule has 0 atom stereocenters. The minimum Gasteiger partial charge on any atom is -0.350 e. The number of aryl methyl sites for hydroxylation is 2. The Balaban J connectivity index is 2.16. The van der Waals surface area contributed by atoms with Gasteiger partial charge in [0.05, 0.1) is 5.54 Å². The van der Waals surface area contributed by atoms with E-state index in [-0.39, 0.29) is 5.91 Å². The van der Waals surface area contributed by atoms with Gasteiger partial charge in [-0.05, 0) is 68.4 Å². The summed E-state index contributed by atoms with van der Waals surface area (Å²) in [5.74, 6) is -0.0135. The van der Waals surface area contributed by atoms with Crippen molar-refractivity contribution in [1.82, 2.24) is 5.32 Å². The van der Waals surface area contributed by atoms with Crippen LogP contribution in [-0.2, 0) is 11.3 Å². The van der Waals surface area contributed by atoms with Crippen LogP contribution in [0.25, 0.3) is 0 Å². The third-order valence-corrected chi connectivity index (χ3v) is 4.19. The summed E-state index contributed by atoms with van der Waals surface area (Å²) in [5.41, 5.74) is 11.6. The van der Waals surface area contributed by atoms with Gasteiger partial charge in [0.15, 0.2) is 0 Å². The Morgan fingerprint density at radius 1 is 1.22 bits per heavy atom. The van der Waals surface area contributed by atoms with Crippen molar-refractivity contribution >= 4 is 5.91 Å². The van der Waals surface area contributed by atoms with Crippen LogP contribution >= 0.6 is 0 Å². The third-order valence-electron chi connectivity index (χ3n) is 4.19. The van der Waals surface area contributed by atoms with Crippen molar-refractivity contribution in [2.45, 2.75) is 52.6 Å². The molecular formula is C15H22N2O. The van der Waals surface area contributed by atoms with Crippen LogP contribution in [0.5, 0.6) is 0 Å². The Hall–Kier alpha value is -1.35. The molecule has 3 nitrogen and oxygen atoms in total. The first-order valence-electron chi connectivity index (χ1n) is 6.48. The van der Waals surface area contributed by atoms with Crippen molar-refractivity contribution < 1.29 is 4.79 Å². The Morgan fingerprint density at radius 3 is 2.17 bits per heavy atom. The zero-order chi connectivity index (χ0) is 13.5. The summed E-state index contributed by atoms with van der Waals surface area (Å²) in [7, 11) is 0. The molecule has 1 saturated carbocycles. The highest BCUT2D eigenvalue weighted by atomic mass is 16.2. The van der Waals surface area contributed by atoms with Crippen molar-refractivity contribution in [3.05, 3.63) is 33.9 Å². The molecule has 1 amide bonds. The van der Waals surface area contributed by atoms with Gasteiger partial charge in [-0.15, -0.1) is 0 Å². The second-order valence-corrected chi connectivity index (χ2v) is 5.58. The monoisotopic (exact) mass is 246 g/mol. The molecule has 1 aromatic carbocycles. The topological polar surface area (TPSA) is 55.1 Å². The molecule has 0 heterocycles. The second-order valence-electron chi connectivity index (χ2n) is 5.58. The summed E-state index contributed by atoms with van der Waals surface area (Å²) in [6, 6.07) is 2.20. The predicted molar refractivity (Wildman–Crippen MR) is 73.4 cm³/mol. The van der Waals surface area contributed by atoms with Gasteiger partial charge >= 0.3 is 0 Å². The van der Waals surface area contributed by atoms with Crippen LogP contribution in [0.3, 0.4) is 0 Å². The van der Waals surface area contributed by atoms with Gasteiger partial charge in [0.1, 0.15) is 0 Å². The van der Waals surface area contributed by atoms with Crippen LogP contribution in [-0.4, -0.2) is 11.4 Å². The number of benzene rings is 1. The summed E-state index contributed by atoms with van der Waals surface area (Å²) in [4.78, 5) is 11.9. The van der Waals surface area contributed by atoms with Gasteiger partial charge in [-0.25, -0.2) is 0 Å². The number of hydrogen-bond donors (Lipinski definition) is 2. The van der Waals surface area contributed by atoms with E-state index in [0.717, 1.165) is 12.8 Å². The van der Waals surface area contributed by atoms with Crippen LogP contribution in [0.15, 0.2) is 6.07 Å². The summed E-state index contributed by atoms with van der Waals surface area (Å²) >= 11 is 0. The van der Waals surface area contributed by atoms with Crippen LogP contribution in [0.1, 0.15) is 40.7 Å². The smallest absolute Gasteiger partial charge is 0.240 e.